The highest BCUT2D eigenvalue weighted by atomic mass is 127. The molecule has 3 N–H and O–H groups in total. The number of guanidine groups is 1. The van der Waals surface area contributed by atoms with E-state index in [9.17, 15) is 4.79 Å². The van der Waals surface area contributed by atoms with Crippen molar-refractivity contribution >= 4 is 35.8 Å². The smallest absolute Gasteiger partial charge is 0.221 e. The second-order valence-corrected chi connectivity index (χ2v) is 8.37. The summed E-state index contributed by atoms with van der Waals surface area (Å²) in [4.78, 5) is 16.4. The van der Waals surface area contributed by atoms with Crippen LogP contribution in [0.1, 0.15) is 62.5 Å². The van der Waals surface area contributed by atoms with Gasteiger partial charge in [-0.3, -0.25) is 9.79 Å². The molecule has 0 unspecified atom stereocenters. The van der Waals surface area contributed by atoms with E-state index in [-0.39, 0.29) is 29.9 Å². The Morgan fingerprint density at radius 1 is 1.13 bits per heavy atom. The molecule has 3 rings (SSSR count). The Morgan fingerprint density at radius 2 is 1.90 bits per heavy atom. The van der Waals surface area contributed by atoms with Crippen molar-refractivity contribution in [2.45, 2.75) is 70.9 Å². The van der Waals surface area contributed by atoms with Crippen molar-refractivity contribution in [1.82, 2.24) is 16.0 Å². The predicted octanol–water partition coefficient (Wildman–Crippen LogP) is 3.91. The molecule has 0 aromatic heterocycles. The van der Waals surface area contributed by atoms with Crippen molar-refractivity contribution in [3.05, 3.63) is 29.3 Å². The standard InChI is InChI=1S/C23H36N4O2.HI/c1-17-8-11-19(21(14-17)29-16-18-9-10-18)15-26-23(24-2)25-13-12-22(28)27-20-6-4-3-5-7-20;/h8,11,14,18,20H,3-7,9-10,12-13,15-16H2,1-2H3,(H,27,28)(H2,24,25,26);1H. The van der Waals surface area contributed by atoms with E-state index in [0.717, 1.165) is 36.7 Å². The highest BCUT2D eigenvalue weighted by Crippen LogP contribution is 2.30. The van der Waals surface area contributed by atoms with Gasteiger partial charge in [-0.15, -0.1) is 24.0 Å². The van der Waals surface area contributed by atoms with Crippen LogP contribution in [0.15, 0.2) is 23.2 Å². The molecular formula is C23H37IN4O2. The molecule has 2 aliphatic rings. The third-order valence-corrected chi connectivity index (χ3v) is 5.68. The molecule has 0 spiro atoms. The summed E-state index contributed by atoms with van der Waals surface area (Å²) in [5.41, 5.74) is 2.32. The average Bonchev–Trinajstić information content (AvgIpc) is 3.55. The fraction of sp³-hybridized carbons (Fsp3) is 0.652. The van der Waals surface area contributed by atoms with Crippen molar-refractivity contribution in [2.24, 2.45) is 10.9 Å². The summed E-state index contributed by atoms with van der Waals surface area (Å²) in [6.07, 6.45) is 9.00. The lowest BCUT2D eigenvalue weighted by atomic mass is 9.95. The van der Waals surface area contributed by atoms with Gasteiger partial charge in [-0.05, 0) is 50.2 Å². The molecule has 1 aromatic rings. The first-order valence-electron chi connectivity index (χ1n) is 11.1. The molecule has 168 valence electrons. The van der Waals surface area contributed by atoms with Crippen LogP contribution < -0.4 is 20.7 Å². The fourth-order valence-corrected chi connectivity index (χ4v) is 3.68. The third-order valence-electron chi connectivity index (χ3n) is 5.68. The van der Waals surface area contributed by atoms with Gasteiger partial charge in [0.2, 0.25) is 5.91 Å². The molecule has 0 atom stereocenters. The van der Waals surface area contributed by atoms with Gasteiger partial charge in [0, 0.05) is 38.2 Å². The fourth-order valence-electron chi connectivity index (χ4n) is 3.68. The normalized spacial score (nSPS) is 17.1. The third kappa shape index (κ3) is 8.70. The van der Waals surface area contributed by atoms with E-state index < -0.39 is 0 Å². The molecule has 2 aliphatic carbocycles. The second kappa shape index (κ2) is 13.0. The Hall–Kier alpha value is -1.51. The van der Waals surface area contributed by atoms with E-state index >= 15 is 0 Å². The van der Waals surface area contributed by atoms with Crippen molar-refractivity contribution in [3.8, 4) is 5.75 Å². The zero-order valence-corrected chi connectivity index (χ0v) is 20.7. The highest BCUT2D eigenvalue weighted by molar-refractivity contribution is 14.0. The van der Waals surface area contributed by atoms with E-state index in [0.29, 0.717) is 31.5 Å². The van der Waals surface area contributed by atoms with Crippen molar-refractivity contribution in [3.63, 3.8) is 0 Å². The summed E-state index contributed by atoms with van der Waals surface area (Å²) in [6, 6.07) is 6.68. The topological polar surface area (TPSA) is 74.8 Å². The average molecular weight is 528 g/mol. The van der Waals surface area contributed by atoms with Crippen molar-refractivity contribution in [2.75, 3.05) is 20.2 Å². The molecule has 0 radical (unpaired) electrons. The maximum atomic E-state index is 12.1. The monoisotopic (exact) mass is 528 g/mol. The maximum Gasteiger partial charge on any atom is 0.221 e. The molecule has 1 aromatic carbocycles. The van der Waals surface area contributed by atoms with E-state index in [1.165, 1.54) is 37.7 Å². The Bertz CT molecular complexity index is 700. The summed E-state index contributed by atoms with van der Waals surface area (Å²) in [7, 11) is 1.75. The van der Waals surface area contributed by atoms with Gasteiger partial charge in [0.15, 0.2) is 5.96 Å². The molecule has 0 heterocycles. The number of amides is 1. The van der Waals surface area contributed by atoms with Gasteiger partial charge in [-0.1, -0.05) is 31.4 Å². The van der Waals surface area contributed by atoms with Crippen LogP contribution in [-0.4, -0.2) is 38.1 Å². The maximum absolute atomic E-state index is 12.1. The Kier molecular flexibility index (Phi) is 10.7. The molecule has 1 amide bonds. The molecule has 0 aliphatic heterocycles. The summed E-state index contributed by atoms with van der Waals surface area (Å²) < 4.78 is 6.04. The number of hydrogen-bond acceptors (Lipinski definition) is 3. The van der Waals surface area contributed by atoms with E-state index in [4.69, 9.17) is 4.74 Å². The van der Waals surface area contributed by atoms with Crippen LogP contribution in [0.25, 0.3) is 0 Å². The van der Waals surface area contributed by atoms with E-state index in [1.54, 1.807) is 7.05 Å². The first kappa shape index (κ1) is 24.8. The van der Waals surface area contributed by atoms with Crippen LogP contribution in [0, 0.1) is 12.8 Å². The van der Waals surface area contributed by atoms with Crippen LogP contribution in [0.5, 0.6) is 5.75 Å². The lowest BCUT2D eigenvalue weighted by Crippen LogP contribution is -2.41. The summed E-state index contributed by atoms with van der Waals surface area (Å²) in [6.45, 7) is 4.09. The molecule has 0 saturated heterocycles. The highest BCUT2D eigenvalue weighted by Gasteiger charge is 2.22. The number of nitrogens with zero attached hydrogens (tertiary/aromatic N) is 1. The minimum atomic E-state index is 0. The zero-order chi connectivity index (χ0) is 20.5. The number of hydrogen-bond donors (Lipinski definition) is 3. The molecule has 30 heavy (non-hydrogen) atoms. The number of benzene rings is 1. The molecule has 0 bridgehead atoms. The summed E-state index contributed by atoms with van der Waals surface area (Å²) in [5.74, 6) is 2.50. The van der Waals surface area contributed by atoms with Gasteiger partial charge in [0.1, 0.15) is 5.75 Å². The Morgan fingerprint density at radius 3 is 2.60 bits per heavy atom. The summed E-state index contributed by atoms with van der Waals surface area (Å²) in [5, 5.41) is 9.72. The van der Waals surface area contributed by atoms with Crippen molar-refractivity contribution in [1.29, 1.82) is 0 Å². The first-order chi connectivity index (χ1) is 14.1. The van der Waals surface area contributed by atoms with Crippen LogP contribution in [0.4, 0.5) is 0 Å². The number of ether oxygens (including phenoxy) is 1. The minimum absolute atomic E-state index is 0. The first-order valence-corrected chi connectivity index (χ1v) is 11.1. The second-order valence-electron chi connectivity index (χ2n) is 8.37. The van der Waals surface area contributed by atoms with Crippen LogP contribution >= 0.6 is 24.0 Å². The van der Waals surface area contributed by atoms with Gasteiger partial charge in [-0.25, -0.2) is 0 Å². The van der Waals surface area contributed by atoms with Gasteiger partial charge in [0.25, 0.3) is 0 Å². The van der Waals surface area contributed by atoms with Crippen LogP contribution in [0.3, 0.4) is 0 Å². The zero-order valence-electron chi connectivity index (χ0n) is 18.3. The number of rotatable bonds is 9. The van der Waals surface area contributed by atoms with Gasteiger partial charge < -0.3 is 20.7 Å². The number of aryl methyl sites for hydroxylation is 1. The minimum Gasteiger partial charge on any atom is -0.493 e. The Balaban J connectivity index is 0.00000320. The Labute approximate surface area is 198 Å². The molecular weight excluding hydrogens is 491 g/mol. The van der Waals surface area contributed by atoms with E-state index in [1.807, 2.05) is 0 Å². The van der Waals surface area contributed by atoms with Gasteiger partial charge >= 0.3 is 0 Å². The lowest BCUT2D eigenvalue weighted by molar-refractivity contribution is -0.121. The van der Waals surface area contributed by atoms with Crippen LogP contribution in [0.2, 0.25) is 0 Å². The molecule has 2 saturated carbocycles. The van der Waals surface area contributed by atoms with Crippen LogP contribution in [-0.2, 0) is 11.3 Å². The summed E-state index contributed by atoms with van der Waals surface area (Å²) >= 11 is 0. The predicted molar refractivity (Wildman–Crippen MR) is 133 cm³/mol. The molecule has 7 heteroatoms. The molecule has 6 nitrogen and oxygen atoms in total. The number of aliphatic imine (C=N–C) groups is 1. The number of nitrogens with one attached hydrogen (secondary N) is 3. The largest absolute Gasteiger partial charge is 0.493 e. The quantitative estimate of drug-likeness (QED) is 0.258. The molecule has 2 fully saturated rings. The lowest BCUT2D eigenvalue weighted by Gasteiger charge is -2.22. The van der Waals surface area contributed by atoms with E-state index in [2.05, 4.69) is 46.1 Å². The number of halogens is 1. The SMILES string of the molecule is CN=C(NCCC(=O)NC1CCCCC1)NCc1ccc(C)cc1OCC1CC1.I. The van der Waals surface area contributed by atoms with Crippen molar-refractivity contribution < 1.29 is 9.53 Å². The van der Waals surface area contributed by atoms with Gasteiger partial charge in [-0.2, -0.15) is 0 Å². The number of carbonyl (C=O) groups excluding carboxylic acids is 1. The van der Waals surface area contributed by atoms with Gasteiger partial charge in [0.05, 0.1) is 6.61 Å². The number of carbonyl (C=O) groups is 1.